The fraction of sp³-hybridized carbons (Fsp3) is 0.125. The van der Waals surface area contributed by atoms with Crippen LogP contribution in [0, 0.1) is 10.1 Å². The van der Waals surface area contributed by atoms with Gasteiger partial charge in [0.25, 0.3) is 5.69 Å². The van der Waals surface area contributed by atoms with Crippen molar-refractivity contribution >= 4 is 5.69 Å². The van der Waals surface area contributed by atoms with Crippen LogP contribution in [0.4, 0.5) is 5.69 Å². The van der Waals surface area contributed by atoms with E-state index in [0.29, 0.717) is 12.4 Å². The molecule has 0 bridgehead atoms. The van der Waals surface area contributed by atoms with Crippen molar-refractivity contribution in [3.8, 4) is 33.9 Å². The molecular weight excluding hydrogens is 378 g/mol. The van der Waals surface area contributed by atoms with Crippen LogP contribution in [0.5, 0.6) is 0 Å². The van der Waals surface area contributed by atoms with Gasteiger partial charge in [-0.2, -0.15) is 0 Å². The van der Waals surface area contributed by atoms with Crippen molar-refractivity contribution in [1.29, 1.82) is 0 Å². The van der Waals surface area contributed by atoms with Crippen molar-refractivity contribution in [2.24, 2.45) is 0 Å². The topological polar surface area (TPSA) is 81.2 Å². The number of benzene rings is 3. The Bertz CT molecular complexity index is 1150. The molecular formula is C24H21N3O3. The smallest absolute Gasteiger partial charge is 0.269 e. The van der Waals surface area contributed by atoms with E-state index in [9.17, 15) is 15.2 Å². The first-order valence-electron chi connectivity index (χ1n) is 9.69. The Morgan fingerprint density at radius 3 is 2.00 bits per heavy atom. The molecule has 0 unspecified atom stereocenters. The van der Waals surface area contributed by atoms with Crippen molar-refractivity contribution in [1.82, 2.24) is 9.55 Å². The Balaban J connectivity index is 1.98. The molecule has 0 saturated carbocycles. The van der Waals surface area contributed by atoms with Crippen LogP contribution in [0.15, 0.2) is 84.9 Å². The molecule has 0 aliphatic rings. The molecule has 1 heterocycles. The summed E-state index contributed by atoms with van der Waals surface area (Å²) >= 11 is 0. The predicted octanol–water partition coefficient (Wildman–Crippen LogP) is 5.17. The van der Waals surface area contributed by atoms with Gasteiger partial charge in [0, 0.05) is 28.8 Å². The van der Waals surface area contributed by atoms with Gasteiger partial charge in [0.15, 0.2) is 0 Å². The molecule has 0 amide bonds. The summed E-state index contributed by atoms with van der Waals surface area (Å²) in [5, 5.41) is 21.2. The fourth-order valence-electron chi connectivity index (χ4n) is 3.53. The van der Waals surface area contributed by atoms with Crippen molar-refractivity contribution < 1.29 is 10.0 Å². The molecule has 6 heteroatoms. The molecule has 0 aliphatic heterocycles. The van der Waals surface area contributed by atoms with Gasteiger partial charge in [0.1, 0.15) is 5.82 Å². The Morgan fingerprint density at radius 2 is 1.47 bits per heavy atom. The van der Waals surface area contributed by atoms with Gasteiger partial charge in [0.05, 0.1) is 29.0 Å². The second-order valence-electron chi connectivity index (χ2n) is 7.13. The number of aliphatic hydroxyl groups is 1. The first-order chi connectivity index (χ1) is 14.5. The minimum Gasteiger partial charge on any atom is -0.392 e. The van der Waals surface area contributed by atoms with Gasteiger partial charge in [-0.1, -0.05) is 60.7 Å². The van der Waals surface area contributed by atoms with Crippen LogP contribution in [0.3, 0.4) is 0 Å². The van der Waals surface area contributed by atoms with Crippen LogP contribution >= 0.6 is 0 Å². The maximum absolute atomic E-state index is 11.0. The molecule has 150 valence electrons. The van der Waals surface area contributed by atoms with Crippen LogP contribution in [-0.4, -0.2) is 25.7 Å². The fourth-order valence-corrected chi connectivity index (χ4v) is 3.53. The third-order valence-corrected chi connectivity index (χ3v) is 4.85. The lowest BCUT2D eigenvalue weighted by molar-refractivity contribution is -0.384. The Kier molecular flexibility index (Phi) is 5.41. The lowest BCUT2D eigenvalue weighted by Gasteiger charge is -2.15. The Hall–Kier alpha value is -3.77. The van der Waals surface area contributed by atoms with E-state index in [1.54, 1.807) is 19.1 Å². The highest BCUT2D eigenvalue weighted by Gasteiger charge is 2.22. The van der Waals surface area contributed by atoms with Gasteiger partial charge >= 0.3 is 0 Å². The molecule has 4 aromatic rings. The van der Waals surface area contributed by atoms with E-state index in [1.807, 2.05) is 65.2 Å². The van der Waals surface area contributed by atoms with Crippen molar-refractivity contribution in [3.63, 3.8) is 0 Å². The van der Waals surface area contributed by atoms with Gasteiger partial charge in [-0.3, -0.25) is 10.1 Å². The summed E-state index contributed by atoms with van der Waals surface area (Å²) in [4.78, 5) is 15.6. The van der Waals surface area contributed by atoms with E-state index in [1.165, 1.54) is 12.1 Å². The maximum atomic E-state index is 11.0. The van der Waals surface area contributed by atoms with Crippen LogP contribution in [0.1, 0.15) is 6.92 Å². The molecule has 6 nitrogen and oxygen atoms in total. The molecule has 0 radical (unpaired) electrons. The molecule has 4 rings (SSSR count). The van der Waals surface area contributed by atoms with Crippen LogP contribution < -0.4 is 0 Å². The second-order valence-corrected chi connectivity index (χ2v) is 7.13. The molecule has 1 atom stereocenters. The van der Waals surface area contributed by atoms with Gasteiger partial charge in [-0.15, -0.1) is 0 Å². The van der Waals surface area contributed by atoms with Crippen LogP contribution in [0.25, 0.3) is 33.9 Å². The molecule has 1 aromatic heterocycles. The standard InChI is InChI=1S/C24H21N3O3/c1-17(28)16-26-23(19-10-6-3-7-11-19)22(18-8-4-2-5-9-18)25-24(26)20-12-14-21(15-13-20)27(29)30/h2-15,17,28H,16H2,1H3/t17-/m0/s1. The van der Waals surface area contributed by atoms with Crippen molar-refractivity contribution in [2.45, 2.75) is 19.6 Å². The lowest BCUT2D eigenvalue weighted by Crippen LogP contribution is -2.14. The summed E-state index contributed by atoms with van der Waals surface area (Å²) in [5.41, 5.74) is 4.42. The summed E-state index contributed by atoms with van der Waals surface area (Å²) in [6.07, 6.45) is -0.595. The SMILES string of the molecule is C[C@H](O)Cn1c(-c2ccc([N+](=O)[O-])cc2)nc(-c2ccccc2)c1-c1ccccc1. The maximum Gasteiger partial charge on any atom is 0.269 e. The minimum atomic E-state index is -0.595. The third kappa shape index (κ3) is 3.86. The summed E-state index contributed by atoms with van der Waals surface area (Å²) in [6, 6.07) is 26.1. The minimum absolute atomic E-state index is 0.0268. The first kappa shape index (κ1) is 19.5. The monoisotopic (exact) mass is 399 g/mol. The highest BCUT2D eigenvalue weighted by Crippen LogP contribution is 2.36. The van der Waals surface area contributed by atoms with Gasteiger partial charge in [0.2, 0.25) is 0 Å². The van der Waals surface area contributed by atoms with Crippen molar-refractivity contribution in [3.05, 3.63) is 95.0 Å². The number of hydrogen-bond acceptors (Lipinski definition) is 4. The van der Waals surface area contributed by atoms with Gasteiger partial charge < -0.3 is 9.67 Å². The Labute approximate surface area is 174 Å². The molecule has 0 saturated heterocycles. The normalized spacial score (nSPS) is 11.9. The largest absolute Gasteiger partial charge is 0.392 e. The number of nitro benzene ring substituents is 1. The Morgan fingerprint density at radius 1 is 0.900 bits per heavy atom. The highest BCUT2D eigenvalue weighted by molar-refractivity contribution is 5.82. The lowest BCUT2D eigenvalue weighted by atomic mass is 10.0. The third-order valence-electron chi connectivity index (χ3n) is 4.85. The van der Waals surface area contributed by atoms with E-state index >= 15 is 0 Å². The van der Waals surface area contributed by atoms with Crippen LogP contribution in [-0.2, 0) is 6.54 Å². The molecule has 0 spiro atoms. The highest BCUT2D eigenvalue weighted by atomic mass is 16.6. The van der Waals surface area contributed by atoms with Gasteiger partial charge in [-0.25, -0.2) is 4.98 Å². The average Bonchev–Trinajstić information content (AvgIpc) is 3.13. The first-order valence-corrected chi connectivity index (χ1v) is 9.69. The van der Waals surface area contributed by atoms with E-state index < -0.39 is 11.0 Å². The summed E-state index contributed by atoms with van der Waals surface area (Å²) in [7, 11) is 0. The summed E-state index contributed by atoms with van der Waals surface area (Å²) in [6.45, 7) is 2.08. The van der Waals surface area contributed by atoms with Crippen LogP contribution in [0.2, 0.25) is 0 Å². The second kappa shape index (κ2) is 8.31. The number of rotatable bonds is 6. The zero-order valence-electron chi connectivity index (χ0n) is 16.5. The number of aromatic nitrogens is 2. The van der Waals surface area contributed by atoms with E-state index in [2.05, 4.69) is 0 Å². The number of hydrogen-bond donors (Lipinski definition) is 1. The number of nitrogens with zero attached hydrogens (tertiary/aromatic N) is 3. The number of aliphatic hydroxyl groups excluding tert-OH is 1. The van der Waals surface area contributed by atoms with Gasteiger partial charge in [-0.05, 0) is 19.1 Å². The molecule has 1 N–H and O–H groups in total. The zero-order chi connectivity index (χ0) is 21.1. The summed E-state index contributed by atoms with van der Waals surface area (Å²) in [5.74, 6) is 0.656. The number of nitro groups is 1. The summed E-state index contributed by atoms with van der Waals surface area (Å²) < 4.78 is 1.99. The predicted molar refractivity (Wildman–Crippen MR) is 117 cm³/mol. The van der Waals surface area contributed by atoms with Crippen molar-refractivity contribution in [2.75, 3.05) is 0 Å². The average molecular weight is 399 g/mol. The van der Waals surface area contributed by atoms with E-state index in [-0.39, 0.29) is 5.69 Å². The molecule has 3 aromatic carbocycles. The zero-order valence-corrected chi connectivity index (χ0v) is 16.5. The number of imidazole rings is 1. The van der Waals surface area contributed by atoms with E-state index in [0.717, 1.165) is 28.1 Å². The molecule has 0 aliphatic carbocycles. The molecule has 30 heavy (non-hydrogen) atoms. The van der Waals surface area contributed by atoms with E-state index in [4.69, 9.17) is 4.98 Å². The number of non-ortho nitro benzene ring substituents is 1. The quantitative estimate of drug-likeness (QED) is 0.358. The molecule has 0 fully saturated rings.